The van der Waals surface area contributed by atoms with Crippen molar-refractivity contribution < 1.29 is 5.11 Å². The van der Waals surface area contributed by atoms with Gasteiger partial charge in [-0.05, 0) is 5.56 Å². The van der Waals surface area contributed by atoms with Crippen LogP contribution in [0.3, 0.4) is 0 Å². The lowest BCUT2D eigenvalue weighted by Gasteiger charge is -2.27. The maximum absolute atomic E-state index is 9.56. The third-order valence-corrected chi connectivity index (χ3v) is 4.05. The van der Waals surface area contributed by atoms with Crippen LogP contribution in [0.25, 0.3) is 0 Å². The second-order valence-electron chi connectivity index (χ2n) is 4.19. The summed E-state index contributed by atoms with van der Waals surface area (Å²) in [7, 11) is 1.88. The fraction of sp³-hybridized carbons (Fsp3) is 0.333. The Morgan fingerprint density at radius 3 is 2.67 bits per heavy atom. The Bertz CT molecular complexity index is 502. The van der Waals surface area contributed by atoms with Crippen molar-refractivity contribution in [2.75, 3.05) is 12.4 Å². The Kier molecular flexibility index (Phi) is 4.00. The number of benzene rings is 1. The summed E-state index contributed by atoms with van der Waals surface area (Å²) in [6.07, 6.45) is 1.64. The van der Waals surface area contributed by atoms with Crippen LogP contribution >= 0.6 is 11.8 Å². The zero-order valence-corrected chi connectivity index (χ0v) is 11.0. The number of aliphatic hydroxyl groups is 1. The molecule has 0 saturated heterocycles. The Morgan fingerprint density at radius 2 is 2.11 bits per heavy atom. The fourth-order valence-corrected chi connectivity index (χ4v) is 2.59. The van der Waals surface area contributed by atoms with Crippen LogP contribution in [0.15, 0.2) is 41.8 Å². The Hall–Kier alpha value is -1.37. The van der Waals surface area contributed by atoms with Crippen molar-refractivity contribution in [1.29, 1.82) is 0 Å². The van der Waals surface area contributed by atoms with Crippen LogP contribution in [0.2, 0.25) is 0 Å². The van der Waals surface area contributed by atoms with Crippen molar-refractivity contribution in [3.63, 3.8) is 0 Å². The number of rotatable bonds is 5. The van der Waals surface area contributed by atoms with Crippen LogP contribution in [0.1, 0.15) is 5.56 Å². The molecule has 0 bridgehead atoms. The van der Waals surface area contributed by atoms with Gasteiger partial charge in [0.1, 0.15) is 6.33 Å². The predicted octanol–water partition coefficient (Wildman–Crippen LogP) is 0.754. The maximum atomic E-state index is 9.56. The van der Waals surface area contributed by atoms with Crippen molar-refractivity contribution in [3.05, 3.63) is 42.2 Å². The second kappa shape index (κ2) is 5.51. The standard InChI is InChI=1S/C12H16N4OS/c1-16-9-14-15-11(16)18-8-12(13,7-17)10-5-3-2-4-6-10/h2-6,9,17H,7-8,13H2,1H3. The summed E-state index contributed by atoms with van der Waals surface area (Å²) >= 11 is 1.48. The van der Waals surface area contributed by atoms with Crippen LogP contribution in [-0.2, 0) is 12.6 Å². The molecule has 1 aromatic heterocycles. The number of aliphatic hydroxyl groups excluding tert-OH is 1. The van der Waals surface area contributed by atoms with E-state index >= 15 is 0 Å². The van der Waals surface area contributed by atoms with Gasteiger partial charge in [-0.1, -0.05) is 42.1 Å². The van der Waals surface area contributed by atoms with E-state index in [1.54, 1.807) is 6.33 Å². The van der Waals surface area contributed by atoms with Crippen molar-refractivity contribution in [2.45, 2.75) is 10.7 Å². The molecule has 1 unspecified atom stereocenters. The first-order chi connectivity index (χ1) is 8.65. The minimum atomic E-state index is -0.766. The lowest BCUT2D eigenvalue weighted by Crippen LogP contribution is -2.43. The zero-order chi connectivity index (χ0) is 13.0. The quantitative estimate of drug-likeness (QED) is 0.779. The molecule has 18 heavy (non-hydrogen) atoms. The monoisotopic (exact) mass is 264 g/mol. The number of nitrogens with zero attached hydrogens (tertiary/aromatic N) is 3. The number of nitrogens with two attached hydrogens (primary N) is 1. The minimum absolute atomic E-state index is 0.109. The average Bonchev–Trinajstić information content (AvgIpc) is 2.83. The summed E-state index contributed by atoms with van der Waals surface area (Å²) in [5, 5.41) is 18.1. The highest BCUT2D eigenvalue weighted by atomic mass is 32.2. The molecule has 3 N–H and O–H groups in total. The second-order valence-corrected chi connectivity index (χ2v) is 5.14. The summed E-state index contributed by atoms with van der Waals surface area (Å²) in [6, 6.07) is 9.61. The number of aromatic nitrogens is 3. The van der Waals surface area contributed by atoms with Crippen LogP contribution in [0.5, 0.6) is 0 Å². The highest BCUT2D eigenvalue weighted by Crippen LogP contribution is 2.26. The van der Waals surface area contributed by atoms with E-state index in [1.165, 1.54) is 11.8 Å². The van der Waals surface area contributed by atoms with Crippen LogP contribution < -0.4 is 5.73 Å². The van der Waals surface area contributed by atoms with Crippen LogP contribution in [0.4, 0.5) is 0 Å². The molecule has 5 nitrogen and oxygen atoms in total. The summed E-state index contributed by atoms with van der Waals surface area (Å²) in [5.74, 6) is 0.542. The SMILES string of the molecule is Cn1cnnc1SCC(N)(CO)c1ccccc1. The van der Waals surface area contributed by atoms with Gasteiger partial charge in [-0.3, -0.25) is 0 Å². The third kappa shape index (κ3) is 2.72. The normalized spacial score (nSPS) is 14.4. The largest absolute Gasteiger partial charge is 0.394 e. The molecular weight excluding hydrogens is 248 g/mol. The van der Waals surface area contributed by atoms with Gasteiger partial charge < -0.3 is 15.4 Å². The lowest BCUT2D eigenvalue weighted by molar-refractivity contribution is 0.213. The van der Waals surface area contributed by atoms with E-state index in [4.69, 9.17) is 5.73 Å². The van der Waals surface area contributed by atoms with Gasteiger partial charge in [0.2, 0.25) is 0 Å². The Morgan fingerprint density at radius 1 is 1.39 bits per heavy atom. The van der Waals surface area contributed by atoms with Gasteiger partial charge in [-0.2, -0.15) is 0 Å². The molecule has 0 spiro atoms. The molecule has 1 heterocycles. The number of thioether (sulfide) groups is 1. The van der Waals surface area contributed by atoms with E-state index in [0.29, 0.717) is 5.75 Å². The minimum Gasteiger partial charge on any atom is -0.394 e. The summed E-state index contributed by atoms with van der Waals surface area (Å²) in [4.78, 5) is 0. The highest BCUT2D eigenvalue weighted by molar-refractivity contribution is 7.99. The Balaban J connectivity index is 2.12. The van der Waals surface area contributed by atoms with Crippen LogP contribution in [0, 0.1) is 0 Å². The molecule has 0 saturated carbocycles. The van der Waals surface area contributed by atoms with Gasteiger partial charge in [0.25, 0.3) is 0 Å². The van der Waals surface area contributed by atoms with Crippen molar-refractivity contribution in [3.8, 4) is 0 Å². The molecule has 0 fully saturated rings. The molecule has 96 valence electrons. The summed E-state index contributed by atoms with van der Waals surface area (Å²) in [5.41, 5.74) is 6.41. The van der Waals surface area contributed by atoms with Gasteiger partial charge >= 0.3 is 0 Å². The third-order valence-electron chi connectivity index (χ3n) is 2.76. The van der Waals surface area contributed by atoms with E-state index in [0.717, 1.165) is 10.7 Å². The van der Waals surface area contributed by atoms with E-state index in [1.807, 2.05) is 41.9 Å². The first kappa shape index (κ1) is 13.1. The van der Waals surface area contributed by atoms with Crippen molar-refractivity contribution >= 4 is 11.8 Å². The van der Waals surface area contributed by atoms with Gasteiger partial charge in [0.05, 0.1) is 12.1 Å². The molecule has 0 aliphatic rings. The lowest BCUT2D eigenvalue weighted by atomic mass is 9.94. The summed E-state index contributed by atoms with van der Waals surface area (Å²) < 4.78 is 1.83. The van der Waals surface area contributed by atoms with Gasteiger partial charge in [0.15, 0.2) is 5.16 Å². The van der Waals surface area contributed by atoms with Gasteiger partial charge in [-0.25, -0.2) is 0 Å². The molecule has 6 heteroatoms. The van der Waals surface area contributed by atoms with Gasteiger partial charge in [0, 0.05) is 12.8 Å². The molecule has 0 radical (unpaired) electrons. The number of aryl methyl sites for hydroxylation is 1. The average molecular weight is 264 g/mol. The molecule has 0 aliphatic heterocycles. The first-order valence-corrected chi connectivity index (χ1v) is 6.56. The van der Waals surface area contributed by atoms with E-state index in [9.17, 15) is 5.11 Å². The highest BCUT2D eigenvalue weighted by Gasteiger charge is 2.27. The van der Waals surface area contributed by atoms with Crippen molar-refractivity contribution in [1.82, 2.24) is 14.8 Å². The smallest absolute Gasteiger partial charge is 0.190 e. The van der Waals surface area contributed by atoms with E-state index in [2.05, 4.69) is 10.2 Å². The Labute approximate surface area is 110 Å². The maximum Gasteiger partial charge on any atom is 0.190 e. The van der Waals surface area contributed by atoms with Gasteiger partial charge in [-0.15, -0.1) is 10.2 Å². The number of hydrogen-bond acceptors (Lipinski definition) is 5. The van der Waals surface area contributed by atoms with Crippen molar-refractivity contribution in [2.24, 2.45) is 12.8 Å². The zero-order valence-electron chi connectivity index (χ0n) is 10.2. The van der Waals surface area contributed by atoms with E-state index < -0.39 is 5.54 Å². The molecule has 2 aromatic rings. The molecule has 1 atom stereocenters. The predicted molar refractivity (Wildman–Crippen MR) is 71.1 cm³/mol. The summed E-state index contributed by atoms with van der Waals surface area (Å²) in [6.45, 7) is -0.109. The molecular formula is C12H16N4OS. The van der Waals surface area contributed by atoms with E-state index in [-0.39, 0.29) is 6.61 Å². The molecule has 0 aliphatic carbocycles. The molecule has 2 rings (SSSR count). The molecule has 0 amide bonds. The fourth-order valence-electron chi connectivity index (χ4n) is 1.59. The topological polar surface area (TPSA) is 77.0 Å². The number of hydrogen-bond donors (Lipinski definition) is 2. The molecule has 1 aromatic carbocycles. The first-order valence-electron chi connectivity index (χ1n) is 5.58. The van der Waals surface area contributed by atoms with Crippen LogP contribution in [-0.4, -0.2) is 32.2 Å².